The van der Waals surface area contributed by atoms with Gasteiger partial charge in [0.05, 0.1) is 24.3 Å². The summed E-state index contributed by atoms with van der Waals surface area (Å²) in [6, 6.07) is 0.0291. The van der Waals surface area contributed by atoms with E-state index in [1.807, 2.05) is 0 Å². The standard InChI is InChI=1S/C19H22ClF5N4O3/c1-4-10(8-19(23,24)25)27-13-7-12(32-18(21)22)11(9-26-13)16-14(20)15(17(30)31-6-3)28-29(16)5-2/h7,9-10,18H,4-6,8H2,1-3H3,(H,26,27). The maximum Gasteiger partial charge on any atom is 0.391 e. The van der Waals surface area contributed by atoms with E-state index < -0.39 is 37.0 Å². The molecule has 7 nitrogen and oxygen atoms in total. The molecule has 2 rings (SSSR count). The van der Waals surface area contributed by atoms with Crippen LogP contribution in [-0.4, -0.2) is 46.2 Å². The van der Waals surface area contributed by atoms with E-state index in [9.17, 15) is 26.7 Å². The van der Waals surface area contributed by atoms with Gasteiger partial charge in [-0.3, -0.25) is 4.68 Å². The second kappa shape index (κ2) is 10.8. The molecule has 178 valence electrons. The Hall–Kier alpha value is -2.63. The second-order valence-electron chi connectivity index (χ2n) is 6.56. The van der Waals surface area contributed by atoms with Crippen LogP contribution in [0.2, 0.25) is 5.02 Å². The van der Waals surface area contributed by atoms with E-state index in [0.717, 1.165) is 12.3 Å². The van der Waals surface area contributed by atoms with Gasteiger partial charge in [-0.2, -0.15) is 27.1 Å². The number of alkyl halides is 5. The summed E-state index contributed by atoms with van der Waals surface area (Å²) in [6.45, 7) is 1.87. The van der Waals surface area contributed by atoms with Crippen molar-refractivity contribution >= 4 is 23.4 Å². The minimum atomic E-state index is -4.42. The molecule has 1 atom stereocenters. The molecule has 0 saturated heterocycles. The third kappa shape index (κ3) is 6.44. The number of nitrogens with zero attached hydrogens (tertiary/aromatic N) is 3. The minimum absolute atomic E-state index is 0.0189. The van der Waals surface area contributed by atoms with E-state index in [1.54, 1.807) is 20.8 Å². The number of carbonyl (C=O) groups excluding carboxylic acids is 1. The largest absolute Gasteiger partial charge is 0.461 e. The fourth-order valence-electron chi connectivity index (χ4n) is 2.93. The zero-order valence-corrected chi connectivity index (χ0v) is 18.2. The molecule has 0 aliphatic carbocycles. The number of aryl methyl sites for hydroxylation is 1. The molecular formula is C19H22ClF5N4O3. The molecule has 0 aromatic carbocycles. The lowest BCUT2D eigenvalue weighted by molar-refractivity contribution is -0.137. The lowest BCUT2D eigenvalue weighted by Crippen LogP contribution is -2.26. The van der Waals surface area contributed by atoms with Crippen molar-refractivity contribution in [2.45, 2.75) is 59.0 Å². The Morgan fingerprint density at radius 2 is 1.97 bits per heavy atom. The fraction of sp³-hybridized carbons (Fsp3) is 0.526. The van der Waals surface area contributed by atoms with Crippen molar-refractivity contribution in [3.05, 3.63) is 23.0 Å². The first kappa shape index (κ1) is 25.6. The molecule has 0 saturated carbocycles. The Morgan fingerprint density at radius 3 is 2.50 bits per heavy atom. The number of ether oxygens (including phenoxy) is 2. The van der Waals surface area contributed by atoms with Crippen LogP contribution in [0.15, 0.2) is 12.3 Å². The van der Waals surface area contributed by atoms with Crippen LogP contribution in [-0.2, 0) is 11.3 Å². The molecule has 13 heteroatoms. The molecule has 2 aromatic rings. The van der Waals surface area contributed by atoms with Crippen LogP contribution < -0.4 is 10.1 Å². The second-order valence-corrected chi connectivity index (χ2v) is 6.94. The van der Waals surface area contributed by atoms with Crippen LogP contribution in [0, 0.1) is 0 Å². The predicted octanol–water partition coefficient (Wildman–Crippen LogP) is 5.54. The number of hydrogen-bond acceptors (Lipinski definition) is 6. The summed E-state index contributed by atoms with van der Waals surface area (Å²) in [5.74, 6) is -1.29. The predicted molar refractivity (Wildman–Crippen MR) is 107 cm³/mol. The Morgan fingerprint density at radius 1 is 1.28 bits per heavy atom. The lowest BCUT2D eigenvalue weighted by atomic mass is 10.1. The average molecular weight is 485 g/mol. The molecule has 0 aliphatic rings. The number of pyridine rings is 1. The Kier molecular flexibility index (Phi) is 8.65. The summed E-state index contributed by atoms with van der Waals surface area (Å²) in [7, 11) is 0. The highest BCUT2D eigenvalue weighted by Gasteiger charge is 2.32. The van der Waals surface area contributed by atoms with Gasteiger partial charge in [-0.25, -0.2) is 9.78 Å². The van der Waals surface area contributed by atoms with Crippen molar-refractivity contribution in [2.24, 2.45) is 0 Å². The number of carbonyl (C=O) groups is 1. The number of halogens is 6. The summed E-state index contributed by atoms with van der Waals surface area (Å²) in [5.41, 5.74) is -0.157. The number of aromatic nitrogens is 3. The van der Waals surface area contributed by atoms with Crippen LogP contribution in [0.4, 0.5) is 27.8 Å². The first-order valence-electron chi connectivity index (χ1n) is 9.72. The highest BCUT2D eigenvalue weighted by atomic mass is 35.5. The molecule has 0 amide bonds. The molecule has 1 N–H and O–H groups in total. The molecule has 32 heavy (non-hydrogen) atoms. The van der Waals surface area contributed by atoms with Gasteiger partial charge in [0.25, 0.3) is 0 Å². The normalized spacial score (nSPS) is 12.7. The van der Waals surface area contributed by atoms with Gasteiger partial charge in [0.1, 0.15) is 16.6 Å². The zero-order valence-electron chi connectivity index (χ0n) is 17.5. The van der Waals surface area contributed by atoms with E-state index >= 15 is 0 Å². The topological polar surface area (TPSA) is 78.3 Å². The summed E-state index contributed by atoms with van der Waals surface area (Å²) in [5, 5.41) is 6.48. The van der Waals surface area contributed by atoms with E-state index in [-0.39, 0.29) is 47.4 Å². The van der Waals surface area contributed by atoms with Gasteiger partial charge >= 0.3 is 18.8 Å². The quantitative estimate of drug-likeness (QED) is 0.352. The molecule has 0 bridgehead atoms. The summed E-state index contributed by atoms with van der Waals surface area (Å²) < 4.78 is 75.1. The average Bonchev–Trinajstić information content (AvgIpc) is 3.03. The molecule has 2 aromatic heterocycles. The monoisotopic (exact) mass is 484 g/mol. The number of hydrogen-bond donors (Lipinski definition) is 1. The van der Waals surface area contributed by atoms with Crippen molar-refractivity contribution in [1.82, 2.24) is 14.8 Å². The lowest BCUT2D eigenvalue weighted by Gasteiger charge is -2.20. The summed E-state index contributed by atoms with van der Waals surface area (Å²) >= 11 is 6.31. The number of esters is 1. The van der Waals surface area contributed by atoms with Gasteiger partial charge in [0.15, 0.2) is 5.69 Å². The highest BCUT2D eigenvalue weighted by Crippen LogP contribution is 2.38. The first-order chi connectivity index (χ1) is 15.0. The van der Waals surface area contributed by atoms with Gasteiger partial charge in [-0.05, 0) is 20.3 Å². The number of nitrogens with one attached hydrogen (secondary N) is 1. The van der Waals surface area contributed by atoms with Crippen molar-refractivity contribution in [3.63, 3.8) is 0 Å². The highest BCUT2D eigenvalue weighted by molar-refractivity contribution is 6.36. The Labute approximate surface area is 185 Å². The molecule has 0 radical (unpaired) electrons. The van der Waals surface area contributed by atoms with Gasteiger partial charge in [0.2, 0.25) is 0 Å². The van der Waals surface area contributed by atoms with Gasteiger partial charge < -0.3 is 14.8 Å². The third-order valence-electron chi connectivity index (χ3n) is 4.32. The zero-order chi connectivity index (χ0) is 24.1. The van der Waals surface area contributed by atoms with Crippen LogP contribution in [0.1, 0.15) is 44.1 Å². The van der Waals surface area contributed by atoms with E-state index in [1.165, 1.54) is 4.68 Å². The van der Waals surface area contributed by atoms with Crippen molar-refractivity contribution < 1.29 is 36.2 Å². The third-order valence-corrected chi connectivity index (χ3v) is 4.68. The summed E-state index contributed by atoms with van der Waals surface area (Å²) in [4.78, 5) is 16.1. The van der Waals surface area contributed by atoms with Crippen LogP contribution in [0.5, 0.6) is 5.75 Å². The molecule has 2 heterocycles. The maximum atomic E-state index is 13.1. The Bertz CT molecular complexity index is 936. The van der Waals surface area contributed by atoms with Crippen molar-refractivity contribution in [2.75, 3.05) is 11.9 Å². The van der Waals surface area contributed by atoms with Gasteiger partial charge in [0, 0.05) is 24.8 Å². The smallest absolute Gasteiger partial charge is 0.391 e. The minimum Gasteiger partial charge on any atom is -0.461 e. The molecule has 0 fully saturated rings. The van der Waals surface area contributed by atoms with Crippen LogP contribution in [0.3, 0.4) is 0 Å². The molecule has 0 aliphatic heterocycles. The van der Waals surface area contributed by atoms with E-state index in [2.05, 4.69) is 20.1 Å². The maximum absolute atomic E-state index is 13.1. The van der Waals surface area contributed by atoms with E-state index in [4.69, 9.17) is 16.3 Å². The first-order valence-corrected chi connectivity index (χ1v) is 10.1. The van der Waals surface area contributed by atoms with Crippen LogP contribution >= 0.6 is 11.6 Å². The van der Waals surface area contributed by atoms with Gasteiger partial charge in [-0.15, -0.1) is 0 Å². The fourth-order valence-corrected chi connectivity index (χ4v) is 3.24. The summed E-state index contributed by atoms with van der Waals surface area (Å²) in [6.07, 6.45) is -4.31. The number of anilines is 1. The molecule has 1 unspecified atom stereocenters. The number of rotatable bonds is 10. The van der Waals surface area contributed by atoms with Gasteiger partial charge in [-0.1, -0.05) is 18.5 Å². The Balaban J connectivity index is 2.51. The van der Waals surface area contributed by atoms with Crippen LogP contribution in [0.25, 0.3) is 11.3 Å². The molecular weight excluding hydrogens is 463 g/mol. The van der Waals surface area contributed by atoms with Crippen molar-refractivity contribution in [1.29, 1.82) is 0 Å². The SMILES string of the molecule is CCOC(=O)c1nn(CC)c(-c2cnc(NC(CC)CC(F)(F)F)cc2OC(F)F)c1Cl. The van der Waals surface area contributed by atoms with E-state index in [0.29, 0.717) is 0 Å². The molecule has 0 spiro atoms. The van der Waals surface area contributed by atoms with Crippen molar-refractivity contribution in [3.8, 4) is 17.0 Å².